The van der Waals surface area contributed by atoms with Crippen LogP contribution >= 0.6 is 0 Å². The molecule has 1 aliphatic rings. The molecule has 1 aromatic carbocycles. The summed E-state index contributed by atoms with van der Waals surface area (Å²) in [4.78, 5) is 41.0. The summed E-state index contributed by atoms with van der Waals surface area (Å²) >= 11 is 0. The van der Waals surface area contributed by atoms with E-state index in [1.54, 1.807) is 4.57 Å². The highest BCUT2D eigenvalue weighted by atomic mass is 16.5. The van der Waals surface area contributed by atoms with Crippen molar-refractivity contribution in [3.05, 3.63) is 39.3 Å². The molecule has 0 unspecified atom stereocenters. The molecular weight excluding hydrogens is 534 g/mol. The summed E-state index contributed by atoms with van der Waals surface area (Å²) in [7, 11) is 0. The number of aryl methyl sites for hydroxylation is 1. The highest BCUT2D eigenvalue weighted by molar-refractivity contribution is 5.81. The van der Waals surface area contributed by atoms with Crippen molar-refractivity contribution in [1.82, 2.24) is 24.4 Å². The second-order valence-electron chi connectivity index (χ2n) is 11.7. The van der Waals surface area contributed by atoms with Crippen LogP contribution in [0.3, 0.4) is 0 Å². The second kappa shape index (κ2) is 14.0. The van der Waals surface area contributed by atoms with E-state index in [2.05, 4.69) is 65.4 Å². The number of nitrogens with one attached hydrogen (secondary N) is 1. The molecule has 11 heteroatoms. The van der Waals surface area contributed by atoms with E-state index in [0.29, 0.717) is 42.7 Å². The second-order valence-corrected chi connectivity index (χ2v) is 11.7. The minimum atomic E-state index is -0.813. The summed E-state index contributed by atoms with van der Waals surface area (Å²) in [5.41, 5.74) is 11.2. The first kappa shape index (κ1) is 31.3. The Hall–Kier alpha value is -3.60. The lowest BCUT2D eigenvalue weighted by Crippen LogP contribution is -2.60. The number of imidazole rings is 1. The Bertz CT molecular complexity index is 1420. The smallest absolute Gasteiger partial charge is 0.327 e. The van der Waals surface area contributed by atoms with E-state index in [1.807, 2.05) is 6.07 Å². The van der Waals surface area contributed by atoms with Crippen molar-refractivity contribution in [3.63, 3.8) is 0 Å². The highest BCUT2D eigenvalue weighted by Gasteiger charge is 2.33. The van der Waals surface area contributed by atoms with Crippen molar-refractivity contribution in [1.29, 1.82) is 0 Å². The van der Waals surface area contributed by atoms with Crippen LogP contribution in [0, 0.1) is 5.92 Å². The van der Waals surface area contributed by atoms with Gasteiger partial charge in [-0.1, -0.05) is 47.1 Å². The van der Waals surface area contributed by atoms with Crippen molar-refractivity contribution in [2.24, 2.45) is 5.92 Å². The molecule has 4 rings (SSSR count). The Morgan fingerprint density at radius 1 is 1.17 bits per heavy atom. The van der Waals surface area contributed by atoms with Crippen LogP contribution in [0.1, 0.15) is 70.6 Å². The van der Waals surface area contributed by atoms with Gasteiger partial charge in [0.05, 0.1) is 19.1 Å². The average Bonchev–Trinajstić information content (AvgIpc) is 3.24. The van der Waals surface area contributed by atoms with Crippen LogP contribution in [-0.4, -0.2) is 74.3 Å². The third-order valence-corrected chi connectivity index (χ3v) is 8.00. The number of nitrogen functional groups attached to an aromatic ring is 1. The van der Waals surface area contributed by atoms with Crippen molar-refractivity contribution in [2.75, 3.05) is 43.4 Å². The summed E-state index contributed by atoms with van der Waals surface area (Å²) in [6.07, 6.45) is 4.21. The molecule has 1 fully saturated rings. The molecule has 4 N–H and O–H groups in total. The minimum Gasteiger partial charge on any atom is -0.481 e. The van der Waals surface area contributed by atoms with Gasteiger partial charge < -0.3 is 25.5 Å². The van der Waals surface area contributed by atoms with Crippen LogP contribution in [0.5, 0.6) is 6.01 Å². The van der Waals surface area contributed by atoms with Crippen LogP contribution in [0.2, 0.25) is 0 Å². The summed E-state index contributed by atoms with van der Waals surface area (Å²) in [6, 6.07) is 4.62. The number of ether oxygens (including phenoxy) is 1. The molecule has 2 aromatic heterocycles. The molecule has 0 saturated carbocycles. The fourth-order valence-electron chi connectivity index (χ4n) is 6.08. The van der Waals surface area contributed by atoms with Crippen LogP contribution < -0.4 is 21.1 Å². The van der Waals surface area contributed by atoms with E-state index < -0.39 is 5.97 Å². The van der Waals surface area contributed by atoms with Gasteiger partial charge in [-0.3, -0.25) is 14.3 Å². The number of hydrogen-bond acceptors (Lipinski definition) is 8. The van der Waals surface area contributed by atoms with Crippen LogP contribution in [0.4, 0.5) is 11.5 Å². The number of aliphatic carboxylic acids is 1. The fourth-order valence-corrected chi connectivity index (χ4v) is 6.08. The molecule has 230 valence electrons. The van der Waals surface area contributed by atoms with Gasteiger partial charge >= 0.3 is 17.7 Å². The summed E-state index contributed by atoms with van der Waals surface area (Å²) in [5, 5.41) is 9.49. The number of carboxylic acid groups (broad SMARTS) is 1. The zero-order valence-electron chi connectivity index (χ0n) is 25.8. The molecule has 0 aliphatic carbocycles. The SMILES string of the molecule is CCCCOc1nc(N)c2[nH]c(=O)n(CCCN(c3ccc(CC(=O)O)c(CC)c3CC)C3CN(CC(C)C)C3)c2n1. The number of nitrogens with zero attached hydrogens (tertiary/aromatic N) is 5. The molecule has 11 nitrogen and oxygen atoms in total. The van der Waals surface area contributed by atoms with E-state index in [9.17, 15) is 14.7 Å². The molecule has 0 spiro atoms. The summed E-state index contributed by atoms with van der Waals surface area (Å²) < 4.78 is 7.31. The van der Waals surface area contributed by atoms with Gasteiger partial charge in [0, 0.05) is 38.4 Å². The maximum atomic E-state index is 12.9. The molecule has 0 amide bonds. The van der Waals surface area contributed by atoms with Gasteiger partial charge in [0.15, 0.2) is 11.5 Å². The van der Waals surface area contributed by atoms with Crippen LogP contribution in [-0.2, 0) is 30.6 Å². The zero-order chi connectivity index (χ0) is 30.4. The number of anilines is 2. The van der Waals surface area contributed by atoms with E-state index in [1.165, 1.54) is 11.3 Å². The number of carbonyl (C=O) groups is 1. The normalized spacial score (nSPS) is 14.0. The number of rotatable bonds is 16. The molecule has 1 saturated heterocycles. The number of carboxylic acids is 1. The molecular formula is C31H47N7O4. The molecule has 0 radical (unpaired) electrons. The minimum absolute atomic E-state index is 0.0284. The fraction of sp³-hybridized carbons (Fsp3) is 0.613. The monoisotopic (exact) mass is 581 g/mol. The van der Waals surface area contributed by atoms with Gasteiger partial charge in [0.1, 0.15) is 5.52 Å². The average molecular weight is 582 g/mol. The number of aromatic nitrogens is 4. The van der Waals surface area contributed by atoms with Crippen molar-refractivity contribution in [2.45, 2.75) is 85.7 Å². The number of H-pyrrole nitrogens is 1. The first-order chi connectivity index (χ1) is 20.2. The van der Waals surface area contributed by atoms with Crippen LogP contribution in [0.25, 0.3) is 11.2 Å². The lowest BCUT2D eigenvalue weighted by Gasteiger charge is -2.48. The van der Waals surface area contributed by atoms with E-state index in [-0.39, 0.29) is 23.9 Å². The van der Waals surface area contributed by atoms with Crippen LogP contribution in [0.15, 0.2) is 16.9 Å². The molecule has 0 atom stereocenters. The maximum absolute atomic E-state index is 12.9. The van der Waals surface area contributed by atoms with Crippen molar-refractivity contribution < 1.29 is 14.6 Å². The van der Waals surface area contributed by atoms with Gasteiger partial charge in [0.25, 0.3) is 0 Å². The number of nitrogens with two attached hydrogens (primary N) is 1. The van der Waals surface area contributed by atoms with Crippen molar-refractivity contribution >= 4 is 28.6 Å². The van der Waals surface area contributed by atoms with Gasteiger partial charge in [-0.25, -0.2) is 4.79 Å². The first-order valence-electron chi connectivity index (χ1n) is 15.4. The molecule has 3 aromatic rings. The summed E-state index contributed by atoms with van der Waals surface area (Å²) in [5.74, 6) is -0.0105. The van der Waals surface area contributed by atoms with E-state index in [4.69, 9.17) is 10.5 Å². The maximum Gasteiger partial charge on any atom is 0.327 e. The predicted molar refractivity (Wildman–Crippen MR) is 167 cm³/mol. The van der Waals surface area contributed by atoms with E-state index in [0.717, 1.165) is 63.0 Å². The van der Waals surface area contributed by atoms with Gasteiger partial charge in [-0.2, -0.15) is 9.97 Å². The third-order valence-electron chi connectivity index (χ3n) is 8.00. The molecule has 42 heavy (non-hydrogen) atoms. The Morgan fingerprint density at radius 2 is 1.90 bits per heavy atom. The van der Waals surface area contributed by atoms with Gasteiger partial charge in [0.2, 0.25) is 0 Å². The lowest BCUT2D eigenvalue weighted by molar-refractivity contribution is -0.136. The standard InChI is InChI=1S/C31H47N7O4/c1-6-9-15-42-30-34-28(32)27-29(35-30)38(31(41)33-27)14-10-13-37(22-18-36(19-22)17-20(4)5)25-12-11-21(16-26(39)40)23(7-2)24(25)8-3/h11-12,20,22H,6-10,13-19H2,1-5H3,(H,33,41)(H,39,40)(H2,32,34,35). The number of aromatic amines is 1. The number of fused-ring (bicyclic) bond motifs is 1. The Kier molecular flexibility index (Phi) is 10.5. The van der Waals surface area contributed by atoms with E-state index >= 15 is 0 Å². The largest absolute Gasteiger partial charge is 0.481 e. The van der Waals surface area contributed by atoms with Gasteiger partial charge in [-0.15, -0.1) is 0 Å². The number of hydrogen-bond donors (Lipinski definition) is 3. The number of unbranched alkanes of at least 4 members (excludes halogenated alkanes) is 1. The Balaban J connectivity index is 1.60. The quantitative estimate of drug-likeness (QED) is 0.215. The molecule has 1 aliphatic heterocycles. The predicted octanol–water partition coefficient (Wildman–Crippen LogP) is 3.87. The topological polar surface area (TPSA) is 143 Å². The highest BCUT2D eigenvalue weighted by Crippen LogP contribution is 2.32. The lowest BCUT2D eigenvalue weighted by atomic mass is 9.92. The van der Waals surface area contributed by atoms with Crippen molar-refractivity contribution in [3.8, 4) is 6.01 Å². The zero-order valence-corrected chi connectivity index (χ0v) is 25.8. The first-order valence-corrected chi connectivity index (χ1v) is 15.4. The summed E-state index contributed by atoms with van der Waals surface area (Å²) in [6.45, 7) is 15.5. The Labute approximate surface area is 248 Å². The Morgan fingerprint density at radius 3 is 2.55 bits per heavy atom. The number of likely N-dealkylation sites (tertiary alicyclic amines) is 1. The van der Waals surface area contributed by atoms with Gasteiger partial charge in [-0.05, 0) is 54.4 Å². The molecule has 0 bridgehead atoms. The molecule has 3 heterocycles. The number of benzene rings is 1. The third kappa shape index (κ3) is 7.06.